The summed E-state index contributed by atoms with van der Waals surface area (Å²) in [6.45, 7) is 0.584. The molecule has 4 nitrogen and oxygen atoms in total. The third kappa shape index (κ3) is 2.58. The van der Waals surface area contributed by atoms with Crippen molar-refractivity contribution >= 4 is 16.7 Å². The maximum Gasteiger partial charge on any atom is 0.173 e. The van der Waals surface area contributed by atoms with Crippen LogP contribution in [-0.2, 0) is 6.54 Å². The first-order chi connectivity index (χ1) is 10.2. The lowest BCUT2D eigenvalue weighted by molar-refractivity contribution is 0.624. The molecule has 0 aliphatic carbocycles. The molecule has 0 saturated heterocycles. The van der Waals surface area contributed by atoms with Crippen LogP contribution in [0.1, 0.15) is 11.1 Å². The number of nitrogens with zero attached hydrogens (tertiary/aromatic N) is 2. The number of nitrogens with one attached hydrogen (secondary N) is 2. The van der Waals surface area contributed by atoms with Gasteiger partial charge in [-0.15, -0.1) is 5.11 Å². The molecule has 0 spiro atoms. The zero-order chi connectivity index (χ0) is 14.8. The van der Waals surface area contributed by atoms with Crippen LogP contribution in [0.25, 0.3) is 10.9 Å². The van der Waals surface area contributed by atoms with Crippen molar-refractivity contribution in [1.29, 1.82) is 10.9 Å². The van der Waals surface area contributed by atoms with Crippen LogP contribution in [0.4, 0.5) is 4.39 Å². The van der Waals surface area contributed by atoms with Crippen molar-refractivity contribution in [2.75, 3.05) is 0 Å². The molecule has 3 aromatic rings. The molecular formula is C16H13FN4. The molecule has 0 amide bonds. The average Bonchev–Trinajstić information content (AvgIpc) is 2.89. The van der Waals surface area contributed by atoms with Crippen LogP contribution >= 0.6 is 0 Å². The molecule has 0 saturated carbocycles. The van der Waals surface area contributed by atoms with E-state index < -0.39 is 0 Å². The molecule has 0 aliphatic rings. The highest BCUT2D eigenvalue weighted by Gasteiger charge is 2.06. The van der Waals surface area contributed by atoms with Crippen molar-refractivity contribution in [3.63, 3.8) is 0 Å². The normalized spacial score (nSPS) is 10.7. The van der Waals surface area contributed by atoms with Gasteiger partial charge in [-0.2, -0.15) is 0 Å². The topological polar surface area (TPSA) is 65.0 Å². The van der Waals surface area contributed by atoms with Crippen LogP contribution in [0.2, 0.25) is 0 Å². The van der Waals surface area contributed by atoms with Gasteiger partial charge in [0.25, 0.3) is 0 Å². The third-order valence-electron chi connectivity index (χ3n) is 3.40. The Kier molecular flexibility index (Phi) is 3.31. The van der Waals surface area contributed by atoms with Crippen molar-refractivity contribution in [2.45, 2.75) is 6.54 Å². The molecule has 0 radical (unpaired) electrons. The summed E-state index contributed by atoms with van der Waals surface area (Å²) in [6.07, 6.45) is 1.93. The minimum absolute atomic E-state index is 0.0604. The number of amidine groups is 1. The summed E-state index contributed by atoms with van der Waals surface area (Å²) in [5.41, 5.74) is 9.39. The van der Waals surface area contributed by atoms with Gasteiger partial charge in [0.1, 0.15) is 5.82 Å². The fourth-order valence-electron chi connectivity index (χ4n) is 2.38. The second-order valence-corrected chi connectivity index (χ2v) is 4.81. The van der Waals surface area contributed by atoms with Crippen molar-refractivity contribution in [3.8, 4) is 0 Å². The maximum atomic E-state index is 13.2. The quantitative estimate of drug-likeness (QED) is 0.410. The monoisotopic (exact) mass is 280 g/mol. The minimum atomic E-state index is -0.239. The van der Waals surface area contributed by atoms with Crippen LogP contribution in [0, 0.1) is 16.8 Å². The van der Waals surface area contributed by atoms with Crippen molar-refractivity contribution < 1.29 is 4.39 Å². The molecule has 2 N–H and O–H groups in total. The van der Waals surface area contributed by atoms with Gasteiger partial charge in [-0.05, 0) is 42.0 Å². The molecule has 1 heterocycles. The summed E-state index contributed by atoms with van der Waals surface area (Å²) in [7, 11) is 0. The number of fused-ring (bicyclic) bond motifs is 1. The second-order valence-electron chi connectivity index (χ2n) is 4.81. The summed E-state index contributed by atoms with van der Waals surface area (Å²) in [5, 5.41) is 11.7. The Bertz CT molecular complexity index is 835. The zero-order valence-electron chi connectivity index (χ0n) is 11.2. The Morgan fingerprint density at radius 2 is 2.00 bits per heavy atom. The van der Waals surface area contributed by atoms with E-state index in [0.29, 0.717) is 12.1 Å². The Balaban J connectivity index is 1.97. The molecule has 0 fully saturated rings. The lowest BCUT2D eigenvalue weighted by atomic mass is 10.1. The van der Waals surface area contributed by atoms with E-state index in [9.17, 15) is 4.39 Å². The molecule has 0 bridgehead atoms. The van der Waals surface area contributed by atoms with Gasteiger partial charge in [-0.3, -0.25) is 5.41 Å². The molecule has 5 heteroatoms. The smallest absolute Gasteiger partial charge is 0.173 e. The van der Waals surface area contributed by atoms with Crippen LogP contribution in [0.3, 0.4) is 0 Å². The van der Waals surface area contributed by atoms with Crippen molar-refractivity contribution in [1.82, 2.24) is 4.57 Å². The summed E-state index contributed by atoms with van der Waals surface area (Å²) >= 11 is 0. The third-order valence-corrected chi connectivity index (χ3v) is 3.40. The van der Waals surface area contributed by atoms with Crippen molar-refractivity contribution in [3.05, 3.63) is 71.7 Å². The first kappa shape index (κ1) is 13.2. The van der Waals surface area contributed by atoms with Gasteiger partial charge in [-0.1, -0.05) is 12.1 Å². The zero-order valence-corrected chi connectivity index (χ0v) is 11.2. The number of hydrogen-bond acceptors (Lipinski definition) is 2. The second kappa shape index (κ2) is 5.28. The van der Waals surface area contributed by atoms with Crippen LogP contribution < -0.4 is 0 Å². The Morgan fingerprint density at radius 3 is 2.76 bits per heavy atom. The Labute approximate surface area is 120 Å². The molecule has 2 aromatic carbocycles. The number of aromatic nitrogens is 1. The molecule has 0 aliphatic heterocycles. The molecular weight excluding hydrogens is 267 g/mol. The molecule has 21 heavy (non-hydrogen) atoms. The van der Waals surface area contributed by atoms with E-state index in [-0.39, 0.29) is 11.7 Å². The standard InChI is InChI=1S/C16H13FN4/c17-14-3-1-2-11(8-14)10-21-7-6-12-9-13(16(18)20-19)4-5-15(12)21/h1-9,18-19H,10H2. The van der Waals surface area contributed by atoms with E-state index in [4.69, 9.17) is 10.9 Å². The van der Waals surface area contributed by atoms with Crippen LogP contribution in [0.5, 0.6) is 0 Å². The number of hydrogen-bond donors (Lipinski definition) is 2. The van der Waals surface area contributed by atoms with Gasteiger partial charge in [0.15, 0.2) is 5.84 Å². The van der Waals surface area contributed by atoms with Gasteiger partial charge < -0.3 is 4.57 Å². The van der Waals surface area contributed by atoms with E-state index in [1.165, 1.54) is 12.1 Å². The highest BCUT2D eigenvalue weighted by molar-refractivity contribution is 5.99. The summed E-state index contributed by atoms with van der Waals surface area (Å²) in [4.78, 5) is 0. The lowest BCUT2D eigenvalue weighted by Crippen LogP contribution is -1.99. The van der Waals surface area contributed by atoms with E-state index in [1.54, 1.807) is 12.1 Å². The van der Waals surface area contributed by atoms with Gasteiger partial charge >= 0.3 is 0 Å². The molecule has 3 rings (SSSR count). The number of benzene rings is 2. The Morgan fingerprint density at radius 1 is 1.14 bits per heavy atom. The lowest BCUT2D eigenvalue weighted by Gasteiger charge is -2.06. The highest BCUT2D eigenvalue weighted by Crippen LogP contribution is 2.20. The minimum Gasteiger partial charge on any atom is -0.343 e. The predicted octanol–water partition coefficient (Wildman–Crippen LogP) is 4.19. The SMILES string of the molecule is N=NC(=N)c1ccc2c(ccn2Cc2cccc(F)c2)c1. The number of rotatable bonds is 3. The van der Waals surface area contributed by atoms with Gasteiger partial charge in [-0.25, -0.2) is 9.92 Å². The number of halogens is 1. The van der Waals surface area contributed by atoms with E-state index in [0.717, 1.165) is 16.5 Å². The summed E-state index contributed by atoms with van der Waals surface area (Å²) in [5.74, 6) is -0.300. The molecule has 0 unspecified atom stereocenters. The van der Waals surface area contributed by atoms with Crippen LogP contribution in [-0.4, -0.2) is 10.4 Å². The Hall–Kier alpha value is -2.82. The van der Waals surface area contributed by atoms with Gasteiger partial charge in [0.05, 0.1) is 0 Å². The summed E-state index contributed by atoms with van der Waals surface area (Å²) < 4.78 is 15.3. The first-order valence-electron chi connectivity index (χ1n) is 6.47. The van der Waals surface area contributed by atoms with E-state index in [1.807, 2.05) is 35.0 Å². The first-order valence-corrected chi connectivity index (χ1v) is 6.47. The van der Waals surface area contributed by atoms with Crippen molar-refractivity contribution in [2.24, 2.45) is 5.11 Å². The molecule has 0 atom stereocenters. The molecule has 1 aromatic heterocycles. The van der Waals surface area contributed by atoms with Crippen LogP contribution in [0.15, 0.2) is 59.8 Å². The largest absolute Gasteiger partial charge is 0.343 e. The van der Waals surface area contributed by atoms with Gasteiger partial charge in [0, 0.05) is 29.2 Å². The maximum absolute atomic E-state index is 13.2. The fraction of sp³-hybridized carbons (Fsp3) is 0.0625. The van der Waals surface area contributed by atoms with Gasteiger partial charge in [0.2, 0.25) is 0 Å². The highest BCUT2D eigenvalue weighted by atomic mass is 19.1. The molecule has 104 valence electrons. The fourth-order valence-corrected chi connectivity index (χ4v) is 2.38. The average molecular weight is 280 g/mol. The summed E-state index contributed by atoms with van der Waals surface area (Å²) in [6, 6.07) is 14.0. The van der Waals surface area contributed by atoms with E-state index >= 15 is 0 Å². The van der Waals surface area contributed by atoms with E-state index in [2.05, 4.69) is 5.11 Å². The predicted molar refractivity (Wildman–Crippen MR) is 79.4 cm³/mol.